The molecule has 0 spiro atoms. The minimum Gasteiger partial charge on any atom is -0.389 e. The van der Waals surface area contributed by atoms with Gasteiger partial charge in [0.1, 0.15) is 30.5 Å². The summed E-state index contributed by atoms with van der Waals surface area (Å²) >= 11 is 0. The lowest BCUT2D eigenvalue weighted by Gasteiger charge is -2.45. The summed E-state index contributed by atoms with van der Waals surface area (Å²) in [7, 11) is 0. The number of hydrogen-bond acceptors (Lipinski definition) is 10. The maximum atomic E-state index is 10.1. The molecule has 10 atom stereocenters. The number of aliphatic hydroxyl groups excluding tert-OH is 4. The Morgan fingerprint density at radius 2 is 1.55 bits per heavy atom. The first-order valence-electron chi connectivity index (χ1n) is 7.28. The van der Waals surface area contributed by atoms with Crippen LogP contribution in [0.3, 0.4) is 0 Å². The van der Waals surface area contributed by atoms with Crippen LogP contribution in [0.15, 0.2) is 0 Å². The van der Waals surface area contributed by atoms with Gasteiger partial charge in [-0.25, -0.2) is 0 Å². The molecule has 0 radical (unpaired) electrons. The number of nitrogens with two attached hydrogens (primary N) is 4. The first kappa shape index (κ1) is 17.9. The zero-order valence-corrected chi connectivity index (χ0v) is 12.1. The predicted octanol–water partition coefficient (Wildman–Crippen LogP) is -5.12. The SMILES string of the molecule is NC[C@H]1OC(O[C@@H]2[C@H](O)[C@@H](O)[C@H](N)C[C@@H]2N)[C@@H](N)[C@H](O)[C@H]1O. The topological polar surface area (TPSA) is 203 Å². The van der Waals surface area contributed by atoms with E-state index in [1.807, 2.05) is 0 Å². The van der Waals surface area contributed by atoms with Gasteiger partial charge in [0.2, 0.25) is 0 Å². The van der Waals surface area contributed by atoms with Gasteiger partial charge in [0, 0.05) is 18.6 Å². The molecule has 0 aromatic rings. The third-order valence-corrected chi connectivity index (χ3v) is 4.36. The minimum atomic E-state index is -1.31. The largest absolute Gasteiger partial charge is 0.389 e. The van der Waals surface area contributed by atoms with Crippen molar-refractivity contribution in [1.82, 2.24) is 0 Å². The van der Waals surface area contributed by atoms with Crippen LogP contribution in [0.25, 0.3) is 0 Å². The van der Waals surface area contributed by atoms with E-state index in [2.05, 4.69) is 0 Å². The number of hydrogen-bond donors (Lipinski definition) is 8. The molecule has 0 bridgehead atoms. The van der Waals surface area contributed by atoms with Crippen LogP contribution in [0.1, 0.15) is 6.42 Å². The van der Waals surface area contributed by atoms with Crippen molar-refractivity contribution in [3.63, 3.8) is 0 Å². The molecule has 0 aromatic heterocycles. The molecule has 1 saturated carbocycles. The van der Waals surface area contributed by atoms with Crippen LogP contribution >= 0.6 is 0 Å². The molecule has 1 aliphatic heterocycles. The zero-order chi connectivity index (χ0) is 16.6. The molecule has 0 amide bonds. The van der Waals surface area contributed by atoms with Crippen molar-refractivity contribution in [2.75, 3.05) is 6.54 Å². The average molecular weight is 322 g/mol. The van der Waals surface area contributed by atoms with Gasteiger partial charge in [-0.3, -0.25) is 0 Å². The summed E-state index contributed by atoms with van der Waals surface area (Å²) in [5, 5.41) is 39.6. The lowest BCUT2D eigenvalue weighted by molar-refractivity contribution is -0.287. The Morgan fingerprint density at radius 1 is 0.909 bits per heavy atom. The van der Waals surface area contributed by atoms with Crippen molar-refractivity contribution in [2.45, 2.75) is 67.5 Å². The summed E-state index contributed by atoms with van der Waals surface area (Å²) in [4.78, 5) is 0. The predicted molar refractivity (Wildman–Crippen MR) is 75.2 cm³/mol. The monoisotopic (exact) mass is 322 g/mol. The van der Waals surface area contributed by atoms with Gasteiger partial charge in [-0.15, -0.1) is 0 Å². The van der Waals surface area contributed by atoms with Crippen LogP contribution < -0.4 is 22.9 Å². The molecule has 2 fully saturated rings. The van der Waals surface area contributed by atoms with Gasteiger partial charge < -0.3 is 52.8 Å². The lowest BCUT2D eigenvalue weighted by atomic mass is 9.84. The van der Waals surface area contributed by atoms with Gasteiger partial charge in [0.25, 0.3) is 0 Å². The molecule has 1 unspecified atom stereocenters. The van der Waals surface area contributed by atoms with Gasteiger partial charge in [-0.1, -0.05) is 0 Å². The highest BCUT2D eigenvalue weighted by atomic mass is 16.7. The molecule has 12 N–H and O–H groups in total. The van der Waals surface area contributed by atoms with E-state index in [0.29, 0.717) is 0 Å². The second-order valence-electron chi connectivity index (χ2n) is 5.98. The third kappa shape index (κ3) is 3.26. The highest BCUT2D eigenvalue weighted by Crippen LogP contribution is 2.26. The fourth-order valence-electron chi connectivity index (χ4n) is 2.89. The average Bonchev–Trinajstić information content (AvgIpc) is 2.49. The molecule has 2 aliphatic rings. The molecule has 1 heterocycles. The van der Waals surface area contributed by atoms with Crippen LogP contribution in [0.4, 0.5) is 0 Å². The van der Waals surface area contributed by atoms with Crippen LogP contribution in [-0.2, 0) is 9.47 Å². The summed E-state index contributed by atoms with van der Waals surface area (Å²) in [6.07, 6.45) is -7.73. The van der Waals surface area contributed by atoms with E-state index >= 15 is 0 Å². The van der Waals surface area contributed by atoms with E-state index in [-0.39, 0.29) is 13.0 Å². The summed E-state index contributed by atoms with van der Waals surface area (Å²) in [6, 6.07) is -2.34. The number of aliphatic hydroxyl groups is 4. The molecule has 22 heavy (non-hydrogen) atoms. The smallest absolute Gasteiger partial charge is 0.176 e. The van der Waals surface area contributed by atoms with Crippen LogP contribution in [-0.4, -0.2) is 88.0 Å². The van der Waals surface area contributed by atoms with Gasteiger partial charge >= 0.3 is 0 Å². The highest BCUT2D eigenvalue weighted by Gasteiger charge is 2.47. The van der Waals surface area contributed by atoms with E-state index in [0.717, 1.165) is 0 Å². The Hall–Kier alpha value is -0.400. The van der Waals surface area contributed by atoms with Gasteiger partial charge in [-0.2, -0.15) is 0 Å². The van der Waals surface area contributed by atoms with Crippen molar-refractivity contribution >= 4 is 0 Å². The summed E-state index contributed by atoms with van der Waals surface area (Å²) in [5.41, 5.74) is 22.8. The van der Waals surface area contributed by atoms with Gasteiger partial charge in [0.15, 0.2) is 6.29 Å². The van der Waals surface area contributed by atoms with E-state index < -0.39 is 61.0 Å². The Labute approximate surface area is 128 Å². The second-order valence-corrected chi connectivity index (χ2v) is 5.98. The first-order chi connectivity index (χ1) is 10.3. The van der Waals surface area contributed by atoms with Crippen LogP contribution in [0, 0.1) is 0 Å². The van der Waals surface area contributed by atoms with E-state index in [1.165, 1.54) is 0 Å². The van der Waals surface area contributed by atoms with E-state index in [9.17, 15) is 20.4 Å². The molecule has 10 nitrogen and oxygen atoms in total. The molecular weight excluding hydrogens is 296 g/mol. The number of rotatable bonds is 3. The molecule has 1 saturated heterocycles. The van der Waals surface area contributed by atoms with E-state index in [1.54, 1.807) is 0 Å². The molecule has 10 heteroatoms. The normalized spacial score (nSPS) is 53.5. The summed E-state index contributed by atoms with van der Waals surface area (Å²) in [5.74, 6) is 0. The maximum Gasteiger partial charge on any atom is 0.176 e. The summed E-state index contributed by atoms with van der Waals surface area (Å²) in [6.45, 7) is -0.0441. The van der Waals surface area contributed by atoms with Crippen molar-refractivity contribution < 1.29 is 29.9 Å². The lowest BCUT2D eigenvalue weighted by Crippen LogP contribution is -2.67. The maximum absolute atomic E-state index is 10.1. The number of ether oxygens (including phenoxy) is 2. The Balaban J connectivity index is 2.08. The molecule has 2 rings (SSSR count). The van der Waals surface area contributed by atoms with Crippen molar-refractivity contribution in [2.24, 2.45) is 22.9 Å². The van der Waals surface area contributed by atoms with Crippen molar-refractivity contribution in [1.29, 1.82) is 0 Å². The molecule has 0 aromatic carbocycles. The molecular formula is C12H26N4O6. The summed E-state index contributed by atoms with van der Waals surface area (Å²) < 4.78 is 11.0. The highest BCUT2D eigenvalue weighted by molar-refractivity contribution is 4.99. The Morgan fingerprint density at radius 3 is 2.14 bits per heavy atom. The van der Waals surface area contributed by atoms with Gasteiger partial charge in [0.05, 0.1) is 12.1 Å². The third-order valence-electron chi connectivity index (χ3n) is 4.36. The molecule has 130 valence electrons. The first-order valence-corrected chi connectivity index (χ1v) is 7.28. The van der Waals surface area contributed by atoms with Gasteiger partial charge in [-0.05, 0) is 6.42 Å². The van der Waals surface area contributed by atoms with Crippen LogP contribution in [0.2, 0.25) is 0 Å². The Bertz CT molecular complexity index is 376. The minimum absolute atomic E-state index is 0.0441. The zero-order valence-electron chi connectivity index (χ0n) is 12.1. The van der Waals surface area contributed by atoms with Crippen molar-refractivity contribution in [3.8, 4) is 0 Å². The second kappa shape index (κ2) is 7.01. The Kier molecular flexibility index (Phi) is 5.72. The fourth-order valence-corrected chi connectivity index (χ4v) is 2.89. The molecule has 1 aliphatic carbocycles. The quantitative estimate of drug-likeness (QED) is 0.248. The standard InChI is InChI=1S/C12H26N4O6/c13-2-5-8(18)9(19)6(16)12(21-5)22-11-4(15)1-3(14)7(17)10(11)20/h3-12,17-20H,1-2,13-16H2/t3-,4+,5-,6+,7+,8+,9+,10-,11+,12?/m1/s1. The fraction of sp³-hybridized carbons (Fsp3) is 1.00. The van der Waals surface area contributed by atoms with E-state index in [4.69, 9.17) is 32.4 Å². The van der Waals surface area contributed by atoms with Crippen LogP contribution in [0.5, 0.6) is 0 Å². The van der Waals surface area contributed by atoms with Crippen molar-refractivity contribution in [3.05, 3.63) is 0 Å².